The molecule has 1 aliphatic heterocycles. The predicted molar refractivity (Wildman–Crippen MR) is 111 cm³/mol. The molecule has 4 aliphatic rings. The van der Waals surface area contributed by atoms with Crippen LogP contribution >= 0.6 is 0 Å². The molecule has 1 heterocycles. The molecule has 0 N–H and O–H groups in total. The first-order valence-electron chi connectivity index (χ1n) is 10.7. The Morgan fingerprint density at radius 1 is 0.821 bits per heavy atom. The molecule has 0 aromatic carbocycles. The van der Waals surface area contributed by atoms with Gasteiger partial charge in [-0.25, -0.2) is 0 Å². The van der Waals surface area contributed by atoms with Crippen LogP contribution in [0.4, 0.5) is 0 Å². The van der Waals surface area contributed by atoms with Crippen molar-refractivity contribution in [2.75, 3.05) is 32.7 Å². The Morgan fingerprint density at radius 3 is 1.96 bits per heavy atom. The number of Topliss-reactive ketones (excluding diaryl/α,β-unsaturated/α-hetero) is 1. The van der Waals surface area contributed by atoms with Crippen molar-refractivity contribution >= 4 is 5.78 Å². The van der Waals surface area contributed by atoms with Crippen LogP contribution in [0.15, 0.2) is 0 Å². The van der Waals surface area contributed by atoms with E-state index in [4.69, 9.17) is 0 Å². The summed E-state index contributed by atoms with van der Waals surface area (Å²) in [5, 5.41) is 0. The minimum Gasteiger partial charge on any atom is -0.301 e. The molecule has 0 unspecified atom stereocenters. The molecule has 28 heavy (non-hydrogen) atoms. The van der Waals surface area contributed by atoms with Crippen molar-refractivity contribution < 1.29 is 21.9 Å². The summed E-state index contributed by atoms with van der Waals surface area (Å²) < 4.78 is 0. The van der Waals surface area contributed by atoms with Crippen LogP contribution in [0, 0.1) is 63.7 Å². The van der Waals surface area contributed by atoms with E-state index in [9.17, 15) is 4.79 Å². The molecule has 0 spiro atoms. The predicted octanol–water partition coefficient (Wildman–Crippen LogP) is 3.71. The number of piperazine rings is 1. The van der Waals surface area contributed by atoms with Crippen LogP contribution < -0.4 is 0 Å². The van der Waals surface area contributed by atoms with Crippen molar-refractivity contribution in [1.29, 1.82) is 0 Å². The van der Waals surface area contributed by atoms with Gasteiger partial charge in [0, 0.05) is 44.6 Å². The van der Waals surface area contributed by atoms with Crippen molar-refractivity contribution in [3.05, 3.63) is 63.7 Å². The van der Waals surface area contributed by atoms with Crippen LogP contribution in [0.2, 0.25) is 0 Å². The van der Waals surface area contributed by atoms with Gasteiger partial charge in [0.25, 0.3) is 0 Å². The van der Waals surface area contributed by atoms with Gasteiger partial charge in [0.15, 0.2) is 0 Å². The first kappa shape index (κ1) is 24.4. The quantitative estimate of drug-likeness (QED) is 0.610. The molecule has 3 saturated carbocycles. The first-order valence-corrected chi connectivity index (χ1v) is 10.7. The number of carbonyl (C=O) groups is 1. The molecule has 0 amide bonds. The SMILES string of the molecule is O=C(CCCN1CCN(C2CCCCC2)CC1)[C]1[CH][CH][CH][CH]1.[CH]1[CH][CH][CH][CH]1.[Fe+2]. The van der Waals surface area contributed by atoms with E-state index >= 15 is 0 Å². The second-order valence-electron chi connectivity index (χ2n) is 7.83. The summed E-state index contributed by atoms with van der Waals surface area (Å²) in [6.07, 6.45) is 26.5. The summed E-state index contributed by atoms with van der Waals surface area (Å²) in [6.45, 7) is 5.88. The van der Waals surface area contributed by atoms with E-state index in [0.29, 0.717) is 12.2 Å². The molecule has 0 aromatic rings. The fraction of sp³-hybridized carbons (Fsp3) is 0.542. The Kier molecular flexibility index (Phi) is 12.3. The van der Waals surface area contributed by atoms with Gasteiger partial charge in [0.2, 0.25) is 0 Å². The molecule has 4 rings (SSSR count). The Balaban J connectivity index is 0.000000408. The zero-order chi connectivity index (χ0) is 18.7. The van der Waals surface area contributed by atoms with Gasteiger partial charge in [-0.15, -0.1) is 0 Å². The molecule has 4 fully saturated rings. The third-order valence-corrected chi connectivity index (χ3v) is 5.92. The molecule has 3 aliphatic carbocycles. The van der Waals surface area contributed by atoms with Gasteiger partial charge in [-0.2, -0.15) is 0 Å². The first-order chi connectivity index (χ1) is 13.3. The molecule has 4 heteroatoms. The molecular weight excluding hydrogens is 388 g/mol. The maximum absolute atomic E-state index is 12.0. The van der Waals surface area contributed by atoms with Crippen molar-refractivity contribution in [1.82, 2.24) is 9.80 Å². The van der Waals surface area contributed by atoms with Gasteiger partial charge in [0.1, 0.15) is 5.78 Å². The van der Waals surface area contributed by atoms with E-state index in [1.54, 1.807) is 0 Å². The van der Waals surface area contributed by atoms with Gasteiger partial charge in [0.05, 0.1) is 0 Å². The fourth-order valence-electron chi connectivity index (χ4n) is 4.29. The Bertz CT molecular complexity index is 399. The smallest absolute Gasteiger partial charge is 0.301 e. The second kappa shape index (κ2) is 14.2. The van der Waals surface area contributed by atoms with Crippen LogP contribution in [-0.2, 0) is 21.9 Å². The van der Waals surface area contributed by atoms with Gasteiger partial charge in [-0.05, 0) is 83.6 Å². The zero-order valence-electron chi connectivity index (χ0n) is 16.9. The van der Waals surface area contributed by atoms with Crippen molar-refractivity contribution in [2.45, 2.75) is 51.0 Å². The Hall–Kier alpha value is 0.109. The van der Waals surface area contributed by atoms with E-state index < -0.39 is 0 Å². The number of hydrogen-bond acceptors (Lipinski definition) is 3. The van der Waals surface area contributed by atoms with E-state index in [2.05, 4.69) is 9.80 Å². The fourth-order valence-corrected chi connectivity index (χ4v) is 4.29. The summed E-state index contributed by atoms with van der Waals surface area (Å²) in [5.74, 6) is 1.17. The van der Waals surface area contributed by atoms with Crippen molar-refractivity contribution in [3.8, 4) is 0 Å². The van der Waals surface area contributed by atoms with Crippen LogP contribution in [0.5, 0.6) is 0 Å². The molecule has 152 valence electrons. The number of rotatable bonds is 6. The van der Waals surface area contributed by atoms with Crippen LogP contribution in [0.3, 0.4) is 0 Å². The Morgan fingerprint density at radius 2 is 1.39 bits per heavy atom. The summed E-state index contributed by atoms with van der Waals surface area (Å²) in [4.78, 5) is 17.2. The molecule has 3 nitrogen and oxygen atoms in total. The largest absolute Gasteiger partial charge is 2.00 e. The molecule has 1 saturated heterocycles. The third kappa shape index (κ3) is 8.46. The van der Waals surface area contributed by atoms with Gasteiger partial charge >= 0.3 is 17.1 Å². The van der Waals surface area contributed by atoms with Gasteiger partial charge in [-0.3, -0.25) is 9.69 Å². The van der Waals surface area contributed by atoms with Crippen molar-refractivity contribution in [2.24, 2.45) is 0 Å². The van der Waals surface area contributed by atoms with E-state index in [0.717, 1.165) is 24.9 Å². The summed E-state index contributed by atoms with van der Waals surface area (Å²) in [6, 6.07) is 0.856. The van der Waals surface area contributed by atoms with E-state index in [1.165, 1.54) is 58.3 Å². The van der Waals surface area contributed by atoms with E-state index in [-0.39, 0.29) is 17.1 Å². The maximum atomic E-state index is 12.0. The zero-order valence-corrected chi connectivity index (χ0v) is 18.0. The number of carbonyl (C=O) groups excluding carboxylic acids is 1. The standard InChI is InChI=1S/C19H29N2O.C5H5.Fe/c22-19(17-7-4-5-8-17)11-6-12-20-13-15-21(16-14-20)18-9-2-1-3-10-18;1-2-4-5-3-1;/h4-5,7-8,18H,1-3,6,9-16H2;1-5H;/q;;+2. The van der Waals surface area contributed by atoms with Crippen molar-refractivity contribution in [3.63, 3.8) is 0 Å². The monoisotopic (exact) mass is 422 g/mol. The molecule has 0 atom stereocenters. The Labute approximate surface area is 184 Å². The number of hydrogen-bond donors (Lipinski definition) is 0. The maximum Gasteiger partial charge on any atom is 2.00 e. The van der Waals surface area contributed by atoms with Crippen LogP contribution in [0.1, 0.15) is 44.9 Å². The molecule has 0 aromatic heterocycles. The average Bonchev–Trinajstić information content (AvgIpc) is 3.46. The number of ketones is 1. The van der Waals surface area contributed by atoms with Crippen LogP contribution in [-0.4, -0.2) is 54.3 Å². The summed E-state index contributed by atoms with van der Waals surface area (Å²) >= 11 is 0. The summed E-state index contributed by atoms with van der Waals surface area (Å²) in [7, 11) is 0. The van der Waals surface area contributed by atoms with Gasteiger partial charge < -0.3 is 4.90 Å². The average molecular weight is 422 g/mol. The minimum absolute atomic E-state index is 0. The third-order valence-electron chi connectivity index (χ3n) is 5.92. The van der Waals surface area contributed by atoms with E-state index in [1.807, 2.05) is 57.8 Å². The molecular formula is C24H34FeN2O+2. The minimum atomic E-state index is 0. The van der Waals surface area contributed by atoms with Gasteiger partial charge in [-0.1, -0.05) is 19.3 Å². The topological polar surface area (TPSA) is 23.6 Å². The molecule has 0 bridgehead atoms. The second-order valence-corrected chi connectivity index (χ2v) is 7.83. The summed E-state index contributed by atoms with van der Waals surface area (Å²) in [5.41, 5.74) is 0. The molecule has 10 radical (unpaired) electrons. The van der Waals surface area contributed by atoms with Crippen LogP contribution in [0.25, 0.3) is 0 Å². The number of nitrogens with zero attached hydrogens (tertiary/aromatic N) is 2. The normalized spacial score (nSPS) is 25.1.